The molecule has 0 saturated heterocycles. The molecule has 1 aliphatic rings. The van der Waals surface area contributed by atoms with Crippen LogP contribution in [0.2, 0.25) is 0 Å². The number of nitrogens with zero attached hydrogens (tertiary/aromatic N) is 1. The number of likely N-dealkylation sites (N-methyl/N-ethyl adjacent to an activating group) is 1. The third kappa shape index (κ3) is 4.42. The van der Waals surface area contributed by atoms with Crippen molar-refractivity contribution in [1.29, 1.82) is 0 Å². The number of rotatable bonds is 7. The molecule has 1 N–H and O–H groups in total. The Kier molecular flexibility index (Phi) is 5.40. The summed E-state index contributed by atoms with van der Waals surface area (Å²) in [7, 11) is 3.95. The molecule has 0 bridgehead atoms. The van der Waals surface area contributed by atoms with Crippen LogP contribution < -0.4 is 19.5 Å². The maximum absolute atomic E-state index is 12.1. The van der Waals surface area contributed by atoms with E-state index in [1.165, 1.54) is 0 Å². The van der Waals surface area contributed by atoms with Crippen molar-refractivity contribution in [3.63, 3.8) is 0 Å². The van der Waals surface area contributed by atoms with Crippen LogP contribution in [0.15, 0.2) is 48.5 Å². The lowest BCUT2D eigenvalue weighted by Crippen LogP contribution is -2.36. The minimum atomic E-state index is -0.156. The van der Waals surface area contributed by atoms with Gasteiger partial charge in [-0.25, -0.2) is 0 Å². The molecular weight excluding hydrogens is 320 g/mol. The van der Waals surface area contributed by atoms with Gasteiger partial charge in [0.05, 0.1) is 6.04 Å². The Balaban J connectivity index is 1.56. The van der Waals surface area contributed by atoms with Gasteiger partial charge in [0.2, 0.25) is 6.79 Å². The first-order chi connectivity index (χ1) is 12.1. The minimum absolute atomic E-state index is 0.00863. The Morgan fingerprint density at radius 3 is 2.68 bits per heavy atom. The summed E-state index contributed by atoms with van der Waals surface area (Å²) in [5.74, 6) is 2.01. The zero-order valence-corrected chi connectivity index (χ0v) is 14.4. The van der Waals surface area contributed by atoms with Crippen LogP contribution >= 0.6 is 0 Å². The Labute approximate surface area is 147 Å². The lowest BCUT2D eigenvalue weighted by atomic mass is 10.1. The molecule has 25 heavy (non-hydrogen) atoms. The van der Waals surface area contributed by atoms with Gasteiger partial charge in [-0.3, -0.25) is 4.79 Å². The maximum atomic E-state index is 12.1. The maximum Gasteiger partial charge on any atom is 0.258 e. The summed E-state index contributed by atoms with van der Waals surface area (Å²) in [6, 6.07) is 15.2. The number of nitrogens with one attached hydrogen (secondary N) is 1. The predicted molar refractivity (Wildman–Crippen MR) is 93.9 cm³/mol. The van der Waals surface area contributed by atoms with Crippen molar-refractivity contribution in [2.24, 2.45) is 0 Å². The first-order valence-electron chi connectivity index (χ1n) is 8.14. The number of carbonyl (C=O) groups is 1. The van der Waals surface area contributed by atoms with Crippen LogP contribution in [-0.2, 0) is 4.79 Å². The van der Waals surface area contributed by atoms with Crippen molar-refractivity contribution < 1.29 is 19.0 Å². The molecule has 1 atom stereocenters. The molecule has 1 heterocycles. The molecule has 2 aromatic carbocycles. The van der Waals surface area contributed by atoms with Crippen LogP contribution in [-0.4, -0.2) is 44.8 Å². The Hall–Kier alpha value is -2.73. The topological polar surface area (TPSA) is 60.0 Å². The zero-order chi connectivity index (χ0) is 17.6. The molecule has 0 radical (unpaired) electrons. The third-order valence-corrected chi connectivity index (χ3v) is 4.01. The molecule has 0 aromatic heterocycles. The molecule has 0 saturated carbocycles. The molecule has 1 unspecified atom stereocenters. The second-order valence-electron chi connectivity index (χ2n) is 6.00. The summed E-state index contributed by atoms with van der Waals surface area (Å²) in [5.41, 5.74) is 1.05. The highest BCUT2D eigenvalue weighted by atomic mass is 16.7. The van der Waals surface area contributed by atoms with E-state index in [0.717, 1.165) is 17.1 Å². The summed E-state index contributed by atoms with van der Waals surface area (Å²) in [4.78, 5) is 14.1. The first kappa shape index (κ1) is 17.1. The van der Waals surface area contributed by atoms with E-state index in [1.54, 1.807) is 0 Å². The summed E-state index contributed by atoms with van der Waals surface area (Å²) in [6.07, 6.45) is 0. The monoisotopic (exact) mass is 342 g/mol. The van der Waals surface area contributed by atoms with E-state index < -0.39 is 0 Å². The molecule has 1 aliphatic heterocycles. The fourth-order valence-electron chi connectivity index (χ4n) is 2.65. The molecule has 132 valence electrons. The van der Waals surface area contributed by atoms with Gasteiger partial charge in [-0.15, -0.1) is 0 Å². The Morgan fingerprint density at radius 1 is 1.16 bits per heavy atom. The third-order valence-electron chi connectivity index (χ3n) is 4.01. The van der Waals surface area contributed by atoms with Crippen LogP contribution in [0, 0.1) is 0 Å². The molecule has 1 amide bonds. The van der Waals surface area contributed by atoms with Gasteiger partial charge in [0.1, 0.15) is 5.75 Å². The largest absolute Gasteiger partial charge is 0.484 e. The molecule has 3 rings (SSSR count). The Bertz CT molecular complexity index is 719. The zero-order valence-electron chi connectivity index (χ0n) is 14.4. The van der Waals surface area contributed by atoms with E-state index in [2.05, 4.69) is 10.2 Å². The summed E-state index contributed by atoms with van der Waals surface area (Å²) in [6.45, 7) is 0.716. The summed E-state index contributed by atoms with van der Waals surface area (Å²) in [5, 5.41) is 2.92. The SMILES string of the molecule is CN(C)C(CNC(=O)COc1ccccc1)c1ccc2c(c1)OCO2. The van der Waals surface area contributed by atoms with Gasteiger partial charge >= 0.3 is 0 Å². The van der Waals surface area contributed by atoms with E-state index in [1.807, 2.05) is 62.6 Å². The van der Waals surface area contributed by atoms with Gasteiger partial charge in [-0.1, -0.05) is 24.3 Å². The number of hydrogen-bond donors (Lipinski definition) is 1. The van der Waals surface area contributed by atoms with Crippen LogP contribution in [0.5, 0.6) is 17.2 Å². The quantitative estimate of drug-likeness (QED) is 0.836. The smallest absolute Gasteiger partial charge is 0.258 e. The molecule has 6 heteroatoms. The highest BCUT2D eigenvalue weighted by Gasteiger charge is 2.20. The number of fused-ring (bicyclic) bond motifs is 1. The number of para-hydroxylation sites is 1. The van der Waals surface area contributed by atoms with Crippen LogP contribution in [0.4, 0.5) is 0 Å². The van der Waals surface area contributed by atoms with E-state index in [0.29, 0.717) is 12.3 Å². The lowest BCUT2D eigenvalue weighted by Gasteiger charge is -2.25. The van der Waals surface area contributed by atoms with Crippen molar-refractivity contribution >= 4 is 5.91 Å². The van der Waals surface area contributed by atoms with Crippen LogP contribution in [0.1, 0.15) is 11.6 Å². The molecular formula is C19H22N2O4. The average molecular weight is 342 g/mol. The van der Waals surface area contributed by atoms with E-state index in [9.17, 15) is 4.79 Å². The number of hydrogen-bond acceptors (Lipinski definition) is 5. The van der Waals surface area contributed by atoms with Gasteiger partial charge in [0.15, 0.2) is 18.1 Å². The molecule has 6 nitrogen and oxygen atoms in total. The number of benzene rings is 2. The molecule has 2 aromatic rings. The van der Waals surface area contributed by atoms with Gasteiger partial charge in [-0.2, -0.15) is 0 Å². The van der Waals surface area contributed by atoms with Crippen LogP contribution in [0.25, 0.3) is 0 Å². The second-order valence-corrected chi connectivity index (χ2v) is 6.00. The van der Waals surface area contributed by atoms with Crippen molar-refractivity contribution in [2.75, 3.05) is 34.0 Å². The second kappa shape index (κ2) is 7.90. The Morgan fingerprint density at radius 2 is 1.92 bits per heavy atom. The van der Waals surface area contributed by atoms with E-state index in [4.69, 9.17) is 14.2 Å². The van der Waals surface area contributed by atoms with Crippen LogP contribution in [0.3, 0.4) is 0 Å². The van der Waals surface area contributed by atoms with E-state index >= 15 is 0 Å². The van der Waals surface area contributed by atoms with Crippen molar-refractivity contribution in [1.82, 2.24) is 10.2 Å². The molecule has 0 spiro atoms. The predicted octanol–water partition coefficient (Wildman–Crippen LogP) is 2.21. The highest BCUT2D eigenvalue weighted by Crippen LogP contribution is 2.34. The summed E-state index contributed by atoms with van der Waals surface area (Å²) < 4.78 is 16.2. The first-order valence-corrected chi connectivity index (χ1v) is 8.14. The normalized spacial score (nSPS) is 13.6. The van der Waals surface area contributed by atoms with E-state index in [-0.39, 0.29) is 25.3 Å². The number of carbonyl (C=O) groups excluding carboxylic acids is 1. The van der Waals surface area contributed by atoms with Crippen molar-refractivity contribution in [2.45, 2.75) is 6.04 Å². The molecule has 0 aliphatic carbocycles. The van der Waals surface area contributed by atoms with Gasteiger partial charge in [0.25, 0.3) is 5.91 Å². The fraction of sp³-hybridized carbons (Fsp3) is 0.316. The van der Waals surface area contributed by atoms with Crippen molar-refractivity contribution in [3.8, 4) is 17.2 Å². The number of ether oxygens (including phenoxy) is 3. The van der Waals surface area contributed by atoms with Gasteiger partial charge in [-0.05, 0) is 43.9 Å². The average Bonchev–Trinajstić information content (AvgIpc) is 3.08. The number of amides is 1. The highest BCUT2D eigenvalue weighted by molar-refractivity contribution is 5.77. The summed E-state index contributed by atoms with van der Waals surface area (Å²) >= 11 is 0. The molecule has 0 fully saturated rings. The fourth-order valence-corrected chi connectivity index (χ4v) is 2.65. The van der Waals surface area contributed by atoms with Gasteiger partial charge in [0, 0.05) is 6.54 Å². The van der Waals surface area contributed by atoms with Crippen molar-refractivity contribution in [3.05, 3.63) is 54.1 Å². The standard InChI is InChI=1S/C19H22N2O4/c1-21(2)16(14-8-9-17-18(10-14)25-13-24-17)11-20-19(22)12-23-15-6-4-3-5-7-15/h3-10,16H,11-13H2,1-2H3,(H,20,22). The lowest BCUT2D eigenvalue weighted by molar-refractivity contribution is -0.123. The minimum Gasteiger partial charge on any atom is -0.484 e. The van der Waals surface area contributed by atoms with Gasteiger partial charge < -0.3 is 24.4 Å².